The van der Waals surface area contributed by atoms with Crippen LogP contribution in [-0.2, 0) is 11.3 Å². The van der Waals surface area contributed by atoms with Crippen LogP contribution in [0.25, 0.3) is 5.82 Å². The molecule has 0 saturated heterocycles. The summed E-state index contributed by atoms with van der Waals surface area (Å²) in [4.78, 5) is 24.2. The Balaban J connectivity index is 1.39. The zero-order valence-corrected chi connectivity index (χ0v) is 14.1. The Morgan fingerprint density at radius 1 is 1.04 bits per heavy atom. The molecule has 0 saturated carbocycles. The topological polar surface area (TPSA) is 115 Å². The second kappa shape index (κ2) is 7.44. The molecule has 0 atom stereocenters. The Hall–Kier alpha value is -4.08. The van der Waals surface area contributed by atoms with Crippen LogP contribution in [0.5, 0.6) is 0 Å². The average molecular weight is 361 g/mol. The molecule has 134 valence electrons. The van der Waals surface area contributed by atoms with Gasteiger partial charge in [0.15, 0.2) is 5.82 Å². The van der Waals surface area contributed by atoms with Gasteiger partial charge in [-0.25, -0.2) is 24.3 Å². The van der Waals surface area contributed by atoms with E-state index >= 15 is 0 Å². The molecule has 4 rings (SSSR count). The maximum Gasteiger partial charge on any atom is 0.246 e. The van der Waals surface area contributed by atoms with E-state index in [-0.39, 0.29) is 12.5 Å². The Labute approximate surface area is 153 Å². The van der Waals surface area contributed by atoms with Crippen molar-refractivity contribution in [2.75, 3.05) is 10.6 Å². The molecule has 0 aliphatic rings. The summed E-state index contributed by atoms with van der Waals surface area (Å²) in [6.45, 7) is 0.108. The van der Waals surface area contributed by atoms with Gasteiger partial charge in [-0.05, 0) is 30.3 Å². The summed E-state index contributed by atoms with van der Waals surface area (Å²) in [6, 6.07) is 10.9. The van der Waals surface area contributed by atoms with Gasteiger partial charge in [-0.3, -0.25) is 4.79 Å². The Bertz CT molecular complexity index is 1010. The molecule has 10 heteroatoms. The van der Waals surface area contributed by atoms with Crippen molar-refractivity contribution in [3.05, 3.63) is 67.8 Å². The van der Waals surface area contributed by atoms with E-state index in [2.05, 4.69) is 35.8 Å². The first-order valence-electron chi connectivity index (χ1n) is 8.08. The monoisotopic (exact) mass is 361 g/mol. The van der Waals surface area contributed by atoms with Crippen molar-refractivity contribution in [3.8, 4) is 5.82 Å². The molecule has 1 amide bonds. The van der Waals surface area contributed by atoms with E-state index < -0.39 is 0 Å². The third kappa shape index (κ3) is 4.12. The molecule has 3 heterocycles. The summed E-state index contributed by atoms with van der Waals surface area (Å²) in [5.74, 6) is 1.12. The molecule has 0 aliphatic carbocycles. The molecule has 0 spiro atoms. The zero-order valence-electron chi connectivity index (χ0n) is 14.1. The van der Waals surface area contributed by atoms with Crippen molar-refractivity contribution in [2.24, 2.45) is 0 Å². The minimum absolute atomic E-state index is 0.108. The minimum atomic E-state index is -0.180. The van der Waals surface area contributed by atoms with Crippen molar-refractivity contribution >= 4 is 23.1 Å². The second-order valence-corrected chi connectivity index (χ2v) is 5.56. The van der Waals surface area contributed by atoms with E-state index in [1.54, 1.807) is 29.1 Å². The number of nitrogens with one attached hydrogen (secondary N) is 2. The van der Waals surface area contributed by atoms with E-state index in [9.17, 15) is 4.79 Å². The van der Waals surface area contributed by atoms with Gasteiger partial charge in [-0.2, -0.15) is 10.2 Å². The van der Waals surface area contributed by atoms with Crippen LogP contribution in [0.15, 0.2) is 67.8 Å². The molecule has 1 aromatic carbocycles. The first-order chi connectivity index (χ1) is 13.3. The summed E-state index contributed by atoms with van der Waals surface area (Å²) in [7, 11) is 0. The van der Waals surface area contributed by atoms with Crippen LogP contribution >= 0.6 is 0 Å². The van der Waals surface area contributed by atoms with E-state index in [0.29, 0.717) is 17.3 Å². The lowest BCUT2D eigenvalue weighted by atomic mass is 10.2. The number of benzene rings is 1. The number of carbonyl (C=O) groups is 1. The lowest BCUT2D eigenvalue weighted by molar-refractivity contribution is -0.116. The first kappa shape index (κ1) is 16.4. The van der Waals surface area contributed by atoms with E-state index in [0.717, 1.165) is 5.69 Å². The van der Waals surface area contributed by atoms with Crippen LogP contribution in [0, 0.1) is 0 Å². The van der Waals surface area contributed by atoms with Crippen LogP contribution in [0.3, 0.4) is 0 Å². The van der Waals surface area contributed by atoms with Gasteiger partial charge in [0.25, 0.3) is 0 Å². The lowest BCUT2D eigenvalue weighted by Gasteiger charge is -2.09. The Kier molecular flexibility index (Phi) is 4.51. The van der Waals surface area contributed by atoms with Crippen molar-refractivity contribution in [1.29, 1.82) is 0 Å². The van der Waals surface area contributed by atoms with Gasteiger partial charge >= 0.3 is 0 Å². The molecule has 3 aromatic heterocycles. The molecule has 0 radical (unpaired) electrons. The van der Waals surface area contributed by atoms with Crippen LogP contribution in [0.1, 0.15) is 0 Å². The number of hydrogen-bond donors (Lipinski definition) is 2. The molecule has 10 nitrogen and oxygen atoms in total. The van der Waals surface area contributed by atoms with E-state index in [1.807, 2.05) is 24.4 Å². The second-order valence-electron chi connectivity index (χ2n) is 5.56. The predicted molar refractivity (Wildman–Crippen MR) is 97.5 cm³/mol. The SMILES string of the molecule is O=C(Cn1cncn1)Nc1ccc(Nc2cc(-n3cccn3)ncn2)cc1. The quantitative estimate of drug-likeness (QED) is 0.536. The first-order valence-corrected chi connectivity index (χ1v) is 8.08. The fourth-order valence-corrected chi connectivity index (χ4v) is 2.39. The summed E-state index contributed by atoms with van der Waals surface area (Å²) in [6.07, 6.45) is 7.84. The molecular formula is C17H15N9O. The van der Waals surface area contributed by atoms with Crippen molar-refractivity contribution in [2.45, 2.75) is 6.54 Å². The molecule has 0 unspecified atom stereocenters. The largest absolute Gasteiger partial charge is 0.340 e. The van der Waals surface area contributed by atoms with Crippen LogP contribution < -0.4 is 10.6 Å². The maximum absolute atomic E-state index is 12.0. The average Bonchev–Trinajstić information content (AvgIpc) is 3.37. The van der Waals surface area contributed by atoms with Gasteiger partial charge in [-0.1, -0.05) is 0 Å². The predicted octanol–water partition coefficient (Wildman–Crippen LogP) is 1.64. The molecule has 2 N–H and O–H groups in total. The molecule has 4 aromatic rings. The number of nitrogens with zero attached hydrogens (tertiary/aromatic N) is 7. The zero-order chi connectivity index (χ0) is 18.5. The number of aromatic nitrogens is 7. The number of hydrogen-bond acceptors (Lipinski definition) is 7. The number of rotatable bonds is 6. The summed E-state index contributed by atoms with van der Waals surface area (Å²) in [5.41, 5.74) is 1.51. The van der Waals surface area contributed by atoms with Gasteiger partial charge in [0.2, 0.25) is 5.91 Å². The summed E-state index contributed by atoms with van der Waals surface area (Å²) in [5, 5.41) is 14.1. The third-order valence-corrected chi connectivity index (χ3v) is 3.61. The van der Waals surface area contributed by atoms with Crippen LogP contribution in [-0.4, -0.2) is 40.4 Å². The van der Waals surface area contributed by atoms with Gasteiger partial charge in [0.1, 0.15) is 31.3 Å². The Morgan fingerprint density at radius 3 is 2.63 bits per heavy atom. The number of anilines is 3. The molecule has 0 bridgehead atoms. The van der Waals surface area contributed by atoms with Gasteiger partial charge in [-0.15, -0.1) is 0 Å². The normalized spacial score (nSPS) is 10.5. The third-order valence-electron chi connectivity index (χ3n) is 3.61. The molecule has 27 heavy (non-hydrogen) atoms. The number of carbonyl (C=O) groups excluding carboxylic acids is 1. The number of amides is 1. The van der Waals surface area contributed by atoms with Gasteiger partial charge in [0.05, 0.1) is 0 Å². The lowest BCUT2D eigenvalue weighted by Crippen LogP contribution is -2.18. The van der Waals surface area contributed by atoms with Crippen molar-refractivity contribution < 1.29 is 4.79 Å². The van der Waals surface area contributed by atoms with Gasteiger partial charge in [0, 0.05) is 29.8 Å². The highest BCUT2D eigenvalue weighted by molar-refractivity contribution is 5.90. The molecule has 0 fully saturated rings. The fraction of sp³-hybridized carbons (Fsp3) is 0.0588. The van der Waals surface area contributed by atoms with E-state index in [4.69, 9.17) is 0 Å². The highest BCUT2D eigenvalue weighted by Crippen LogP contribution is 2.18. The minimum Gasteiger partial charge on any atom is -0.340 e. The molecular weight excluding hydrogens is 346 g/mol. The highest BCUT2D eigenvalue weighted by Gasteiger charge is 2.05. The van der Waals surface area contributed by atoms with E-state index in [1.165, 1.54) is 23.7 Å². The van der Waals surface area contributed by atoms with Crippen molar-refractivity contribution in [1.82, 2.24) is 34.5 Å². The van der Waals surface area contributed by atoms with Crippen LogP contribution in [0.4, 0.5) is 17.2 Å². The maximum atomic E-state index is 12.0. The summed E-state index contributed by atoms with van der Waals surface area (Å²) < 4.78 is 3.11. The Morgan fingerprint density at radius 2 is 1.89 bits per heavy atom. The van der Waals surface area contributed by atoms with Crippen LogP contribution in [0.2, 0.25) is 0 Å². The fourth-order valence-electron chi connectivity index (χ4n) is 2.39. The smallest absolute Gasteiger partial charge is 0.246 e. The van der Waals surface area contributed by atoms with Gasteiger partial charge < -0.3 is 10.6 Å². The summed E-state index contributed by atoms with van der Waals surface area (Å²) >= 11 is 0. The standard InChI is InChI=1S/C17H15N9O/c27-17(9-25-12-18-10-22-25)24-14-4-2-13(3-5-14)23-15-8-16(20-11-19-15)26-7-1-6-21-26/h1-8,10-12H,9H2,(H,24,27)(H,19,20,23). The highest BCUT2D eigenvalue weighted by atomic mass is 16.2. The van der Waals surface area contributed by atoms with Crippen molar-refractivity contribution in [3.63, 3.8) is 0 Å². The molecule has 0 aliphatic heterocycles.